The van der Waals surface area contributed by atoms with Gasteiger partial charge in [0.1, 0.15) is 0 Å². The van der Waals surface area contributed by atoms with E-state index in [0.717, 1.165) is 12.8 Å². The molecule has 1 heterocycles. The van der Waals surface area contributed by atoms with E-state index >= 15 is 0 Å². The quantitative estimate of drug-likeness (QED) is 0.155. The minimum absolute atomic E-state index is 0.342. The molecule has 0 aliphatic carbocycles. The lowest BCUT2D eigenvalue weighted by atomic mass is 10.0. The molecule has 1 aromatic rings. The van der Waals surface area contributed by atoms with Crippen LogP contribution in [0.4, 0.5) is 0 Å². The Kier molecular flexibility index (Phi) is 25.2. The summed E-state index contributed by atoms with van der Waals surface area (Å²) >= 11 is 0. The van der Waals surface area contributed by atoms with Gasteiger partial charge in [0.15, 0.2) is 0 Å². The molecule has 0 atom stereocenters. The third-order valence-corrected chi connectivity index (χ3v) is 5.58. The fraction of sp³-hybridized carbons (Fsp3) is 0.750. The van der Waals surface area contributed by atoms with Gasteiger partial charge >= 0.3 is 5.97 Å². The summed E-state index contributed by atoms with van der Waals surface area (Å²) in [4.78, 5) is 10.4. The average molecular weight is 435 g/mol. The van der Waals surface area contributed by atoms with E-state index in [2.05, 4.69) is 23.5 Å². The summed E-state index contributed by atoms with van der Waals surface area (Å²) in [5.74, 6) is -0.654. The van der Waals surface area contributed by atoms with Crippen molar-refractivity contribution in [2.75, 3.05) is 0 Å². The normalized spacial score (nSPS) is 10.9. The smallest absolute Gasteiger partial charge is 0.303 e. The van der Waals surface area contributed by atoms with Crippen LogP contribution in [0.15, 0.2) is 41.2 Å². The summed E-state index contributed by atoms with van der Waals surface area (Å²) in [7, 11) is 0. The van der Waals surface area contributed by atoms with Crippen LogP contribution in [0.5, 0.6) is 0 Å². The molecule has 0 amide bonds. The number of carbonyl (C=O) groups is 1. The zero-order valence-electron chi connectivity index (χ0n) is 20.4. The van der Waals surface area contributed by atoms with Crippen molar-refractivity contribution in [2.24, 2.45) is 0 Å². The maximum atomic E-state index is 10.4. The SMILES string of the molecule is CCCCCCCC/C=C\CCCCCCCCCCCCCC(=O)O.c1ccoc1. The number of aliphatic carboxylic acids is 1. The fourth-order valence-electron chi connectivity index (χ4n) is 3.63. The Balaban J connectivity index is 0.00000156. The summed E-state index contributed by atoms with van der Waals surface area (Å²) < 4.78 is 4.58. The van der Waals surface area contributed by atoms with E-state index < -0.39 is 5.97 Å². The van der Waals surface area contributed by atoms with Crippen LogP contribution in [0, 0.1) is 0 Å². The second-order valence-corrected chi connectivity index (χ2v) is 8.64. The van der Waals surface area contributed by atoms with Crippen molar-refractivity contribution in [1.82, 2.24) is 0 Å². The maximum absolute atomic E-state index is 10.4. The third-order valence-electron chi connectivity index (χ3n) is 5.58. The molecule has 0 aromatic carbocycles. The number of unbranched alkanes of at least 4 members (excludes halogenated alkanes) is 17. The van der Waals surface area contributed by atoms with Crippen LogP contribution in [-0.2, 0) is 4.79 Å². The van der Waals surface area contributed by atoms with Crippen molar-refractivity contribution in [3.63, 3.8) is 0 Å². The standard InChI is InChI=1S/C24H46O2.C4H4O/c1-2-3-4-5-6-7-8-9-10-11-12-13-14-15-16-17-18-19-20-21-22-23-24(25)26;1-2-4-5-3-1/h9-10H,2-8,11-23H2,1H3,(H,25,26);1-4H/b10-9-;. The Morgan fingerprint density at radius 2 is 1.03 bits per heavy atom. The summed E-state index contributed by atoms with van der Waals surface area (Å²) in [6.45, 7) is 2.28. The number of hydrogen-bond acceptors (Lipinski definition) is 2. The summed E-state index contributed by atoms with van der Waals surface area (Å²) in [5.41, 5.74) is 0. The average Bonchev–Trinajstić information content (AvgIpc) is 3.35. The maximum Gasteiger partial charge on any atom is 0.303 e. The van der Waals surface area contributed by atoms with E-state index in [1.54, 1.807) is 12.5 Å². The number of rotatable bonds is 21. The van der Waals surface area contributed by atoms with Gasteiger partial charge in [0, 0.05) is 6.42 Å². The number of furan rings is 1. The fourth-order valence-corrected chi connectivity index (χ4v) is 3.63. The van der Waals surface area contributed by atoms with Crippen LogP contribution < -0.4 is 0 Å². The zero-order chi connectivity index (χ0) is 22.7. The minimum Gasteiger partial charge on any atom is -0.481 e. The monoisotopic (exact) mass is 434 g/mol. The van der Waals surface area contributed by atoms with Gasteiger partial charge in [-0.2, -0.15) is 0 Å². The molecular weight excluding hydrogens is 384 g/mol. The third kappa shape index (κ3) is 28.5. The predicted molar refractivity (Wildman–Crippen MR) is 133 cm³/mol. The van der Waals surface area contributed by atoms with Gasteiger partial charge in [-0.3, -0.25) is 4.79 Å². The summed E-state index contributed by atoms with van der Waals surface area (Å²) in [6.07, 6.45) is 33.3. The van der Waals surface area contributed by atoms with Gasteiger partial charge in [-0.25, -0.2) is 0 Å². The van der Waals surface area contributed by atoms with Crippen LogP contribution in [0.1, 0.15) is 135 Å². The second-order valence-electron chi connectivity index (χ2n) is 8.64. The number of carboxylic acids is 1. The highest BCUT2D eigenvalue weighted by Crippen LogP contribution is 2.13. The Labute approximate surface area is 192 Å². The number of hydrogen-bond donors (Lipinski definition) is 1. The van der Waals surface area contributed by atoms with E-state index in [-0.39, 0.29) is 0 Å². The molecule has 0 saturated heterocycles. The Morgan fingerprint density at radius 1 is 0.645 bits per heavy atom. The van der Waals surface area contributed by atoms with Gasteiger partial charge in [0.25, 0.3) is 0 Å². The van der Waals surface area contributed by atoms with Gasteiger partial charge < -0.3 is 9.52 Å². The van der Waals surface area contributed by atoms with Gasteiger partial charge in [-0.1, -0.05) is 109 Å². The van der Waals surface area contributed by atoms with Crippen LogP contribution in [0.25, 0.3) is 0 Å². The first-order valence-electron chi connectivity index (χ1n) is 13.1. The molecule has 0 aliphatic heterocycles. The van der Waals surface area contributed by atoms with Crippen LogP contribution in [-0.4, -0.2) is 11.1 Å². The van der Waals surface area contributed by atoms with E-state index in [1.165, 1.54) is 109 Å². The summed E-state index contributed by atoms with van der Waals surface area (Å²) in [6, 6.07) is 3.67. The first-order chi connectivity index (χ1) is 15.3. The largest absolute Gasteiger partial charge is 0.481 e. The van der Waals surface area contributed by atoms with E-state index in [4.69, 9.17) is 5.11 Å². The molecule has 0 bridgehead atoms. The van der Waals surface area contributed by atoms with Crippen molar-refractivity contribution < 1.29 is 14.3 Å². The van der Waals surface area contributed by atoms with Crippen molar-refractivity contribution in [3.8, 4) is 0 Å². The first kappa shape index (κ1) is 29.5. The highest BCUT2D eigenvalue weighted by atomic mass is 16.4. The zero-order valence-corrected chi connectivity index (χ0v) is 20.4. The van der Waals surface area contributed by atoms with Gasteiger partial charge in [0.2, 0.25) is 0 Å². The van der Waals surface area contributed by atoms with Crippen molar-refractivity contribution in [2.45, 2.75) is 135 Å². The van der Waals surface area contributed by atoms with Crippen LogP contribution in [0.3, 0.4) is 0 Å². The van der Waals surface area contributed by atoms with Gasteiger partial charge in [0.05, 0.1) is 12.5 Å². The molecule has 0 saturated carbocycles. The van der Waals surface area contributed by atoms with Gasteiger partial charge in [-0.05, 0) is 44.2 Å². The van der Waals surface area contributed by atoms with Crippen LogP contribution >= 0.6 is 0 Å². The first-order valence-corrected chi connectivity index (χ1v) is 13.1. The number of allylic oxidation sites excluding steroid dienone is 2. The molecule has 1 rings (SSSR count). The van der Waals surface area contributed by atoms with Crippen molar-refractivity contribution >= 4 is 5.97 Å². The molecule has 3 nitrogen and oxygen atoms in total. The lowest BCUT2D eigenvalue weighted by Crippen LogP contribution is -1.93. The molecule has 31 heavy (non-hydrogen) atoms. The molecule has 0 spiro atoms. The molecular formula is C28H50O3. The predicted octanol–water partition coefficient (Wildman–Crippen LogP) is 9.73. The minimum atomic E-state index is -0.654. The van der Waals surface area contributed by atoms with E-state index in [9.17, 15) is 4.79 Å². The Hall–Kier alpha value is -1.51. The van der Waals surface area contributed by atoms with Crippen molar-refractivity contribution in [3.05, 3.63) is 36.8 Å². The number of carboxylic acid groups (broad SMARTS) is 1. The molecule has 0 unspecified atom stereocenters. The topological polar surface area (TPSA) is 50.4 Å². The molecule has 180 valence electrons. The molecule has 1 N–H and O–H groups in total. The molecule has 1 aromatic heterocycles. The highest BCUT2D eigenvalue weighted by molar-refractivity contribution is 5.66. The molecule has 0 aliphatic rings. The second kappa shape index (κ2) is 26.5. The lowest BCUT2D eigenvalue weighted by Gasteiger charge is -2.02. The van der Waals surface area contributed by atoms with Crippen molar-refractivity contribution in [1.29, 1.82) is 0 Å². The van der Waals surface area contributed by atoms with E-state index in [0.29, 0.717) is 6.42 Å². The lowest BCUT2D eigenvalue weighted by molar-refractivity contribution is -0.137. The highest BCUT2D eigenvalue weighted by Gasteiger charge is 1.97. The molecule has 0 fully saturated rings. The Morgan fingerprint density at radius 3 is 1.39 bits per heavy atom. The summed E-state index contributed by atoms with van der Waals surface area (Å²) in [5, 5.41) is 8.57. The van der Waals surface area contributed by atoms with Crippen LogP contribution in [0.2, 0.25) is 0 Å². The van der Waals surface area contributed by atoms with E-state index in [1.807, 2.05) is 12.1 Å². The Bertz CT molecular complexity index is 447. The molecule has 3 heteroatoms. The molecule has 0 radical (unpaired) electrons. The van der Waals surface area contributed by atoms with Gasteiger partial charge in [-0.15, -0.1) is 0 Å².